The molecule has 0 fully saturated rings. The molecule has 0 bridgehead atoms. The quantitative estimate of drug-likeness (QED) is 0.648. The summed E-state index contributed by atoms with van der Waals surface area (Å²) in [5, 5.41) is 0. The van der Waals surface area contributed by atoms with Crippen LogP contribution in [0.3, 0.4) is 0 Å². The third-order valence-corrected chi connectivity index (χ3v) is 4.37. The number of carbonyl (C=O) groups excluding carboxylic acids is 1. The van der Waals surface area contributed by atoms with Gasteiger partial charge in [-0.1, -0.05) is 25.1 Å². The van der Waals surface area contributed by atoms with Crippen LogP contribution >= 0.6 is 0 Å². The molecule has 0 N–H and O–H groups in total. The summed E-state index contributed by atoms with van der Waals surface area (Å²) in [7, 11) is -3.25. The topological polar surface area (TPSA) is 51.2 Å². The molecule has 3 nitrogen and oxygen atoms in total. The summed E-state index contributed by atoms with van der Waals surface area (Å²) in [5.74, 6) is -0.562. The molecule has 0 spiro atoms. The molecular weight excluding hydrogens is 200 g/mol. The van der Waals surface area contributed by atoms with Crippen LogP contribution in [0, 0.1) is 5.92 Å². The molecule has 1 aliphatic rings. The fourth-order valence-electron chi connectivity index (χ4n) is 1.70. The van der Waals surface area contributed by atoms with Gasteiger partial charge in [-0.2, -0.15) is 0 Å². The molecule has 1 aromatic carbocycles. The molecule has 1 atom stereocenters. The fraction of sp³-hybridized carbons (Fsp3) is 0.300. The number of Topliss-reactive ketones (excluding diaryl/α,β-unsaturated/α-hetero) is 1. The van der Waals surface area contributed by atoms with E-state index in [-0.39, 0.29) is 16.4 Å². The molecule has 1 aromatic rings. The molecule has 0 saturated heterocycles. The average molecular weight is 210 g/mol. The number of sulfone groups is 1. The molecule has 14 heavy (non-hydrogen) atoms. The Morgan fingerprint density at radius 1 is 1.29 bits per heavy atom. The van der Waals surface area contributed by atoms with Crippen molar-refractivity contribution < 1.29 is 13.2 Å². The lowest BCUT2D eigenvalue weighted by molar-refractivity contribution is 0.0933. The molecule has 0 aliphatic carbocycles. The zero-order valence-corrected chi connectivity index (χ0v) is 8.54. The van der Waals surface area contributed by atoms with Gasteiger partial charge in [0.05, 0.1) is 10.6 Å². The van der Waals surface area contributed by atoms with Crippen molar-refractivity contribution in [1.29, 1.82) is 0 Å². The van der Waals surface area contributed by atoms with Crippen LogP contribution in [-0.2, 0) is 9.84 Å². The van der Waals surface area contributed by atoms with Gasteiger partial charge in [0.15, 0.2) is 15.6 Å². The summed E-state index contributed by atoms with van der Waals surface area (Å²) in [6, 6.07) is 6.39. The molecule has 74 valence electrons. The Labute approximate surface area is 82.7 Å². The molecule has 0 radical (unpaired) electrons. The summed E-state index contributed by atoms with van der Waals surface area (Å²) >= 11 is 0. The van der Waals surface area contributed by atoms with Crippen LogP contribution in [0.25, 0.3) is 0 Å². The second kappa shape index (κ2) is 2.92. The SMILES string of the molecule is C[C@@H]1CS(=O)(=O)c2ccccc2C1=O. The van der Waals surface area contributed by atoms with Crippen LogP contribution in [0.5, 0.6) is 0 Å². The zero-order valence-electron chi connectivity index (χ0n) is 7.73. The van der Waals surface area contributed by atoms with Crippen molar-refractivity contribution >= 4 is 15.6 Å². The summed E-state index contributed by atoms with van der Waals surface area (Å²) in [4.78, 5) is 11.8. The van der Waals surface area contributed by atoms with Gasteiger partial charge in [-0.15, -0.1) is 0 Å². The number of benzene rings is 1. The van der Waals surface area contributed by atoms with Crippen molar-refractivity contribution in [2.75, 3.05) is 5.75 Å². The van der Waals surface area contributed by atoms with E-state index < -0.39 is 15.8 Å². The van der Waals surface area contributed by atoms with E-state index in [2.05, 4.69) is 0 Å². The van der Waals surface area contributed by atoms with Crippen molar-refractivity contribution in [3.63, 3.8) is 0 Å². The highest BCUT2D eigenvalue weighted by Crippen LogP contribution is 2.27. The minimum Gasteiger partial charge on any atom is -0.294 e. The minimum absolute atomic E-state index is 0.0666. The summed E-state index contributed by atoms with van der Waals surface area (Å²) in [6.07, 6.45) is 0. The van der Waals surface area contributed by atoms with Gasteiger partial charge in [0, 0.05) is 11.5 Å². The van der Waals surface area contributed by atoms with Crippen LogP contribution < -0.4 is 0 Å². The Balaban J connectivity index is 2.74. The Morgan fingerprint density at radius 2 is 1.93 bits per heavy atom. The second-order valence-electron chi connectivity index (χ2n) is 3.54. The number of ketones is 1. The van der Waals surface area contributed by atoms with E-state index in [9.17, 15) is 13.2 Å². The smallest absolute Gasteiger partial charge is 0.179 e. The van der Waals surface area contributed by atoms with Crippen LogP contribution in [0.4, 0.5) is 0 Å². The third-order valence-electron chi connectivity index (χ3n) is 2.40. The number of hydrogen-bond acceptors (Lipinski definition) is 3. The van der Waals surface area contributed by atoms with Crippen LogP contribution in [0.1, 0.15) is 17.3 Å². The highest BCUT2D eigenvalue weighted by atomic mass is 32.2. The number of carbonyl (C=O) groups is 1. The monoisotopic (exact) mass is 210 g/mol. The van der Waals surface area contributed by atoms with Crippen LogP contribution in [0.2, 0.25) is 0 Å². The Morgan fingerprint density at radius 3 is 2.64 bits per heavy atom. The summed E-state index contributed by atoms with van der Waals surface area (Å²) in [6.45, 7) is 1.65. The highest BCUT2D eigenvalue weighted by Gasteiger charge is 2.33. The van der Waals surface area contributed by atoms with Gasteiger partial charge in [0.2, 0.25) is 0 Å². The lowest BCUT2D eigenvalue weighted by atomic mass is 10.0. The molecule has 0 saturated carbocycles. The molecule has 0 amide bonds. The van der Waals surface area contributed by atoms with Gasteiger partial charge in [-0.3, -0.25) is 4.79 Å². The van der Waals surface area contributed by atoms with E-state index in [1.807, 2.05) is 0 Å². The molecular formula is C10H10O3S. The highest BCUT2D eigenvalue weighted by molar-refractivity contribution is 7.91. The Bertz CT molecular complexity index is 488. The summed E-state index contributed by atoms with van der Waals surface area (Å²) in [5.41, 5.74) is 0.339. The number of fused-ring (bicyclic) bond motifs is 1. The van der Waals surface area contributed by atoms with Crippen molar-refractivity contribution in [3.05, 3.63) is 29.8 Å². The molecule has 1 heterocycles. The van der Waals surface area contributed by atoms with E-state index in [0.717, 1.165) is 0 Å². The Hall–Kier alpha value is -1.16. The fourth-order valence-corrected chi connectivity index (χ4v) is 3.48. The number of rotatable bonds is 0. The maximum atomic E-state index is 11.7. The van der Waals surface area contributed by atoms with E-state index >= 15 is 0 Å². The van der Waals surface area contributed by atoms with E-state index in [1.165, 1.54) is 6.07 Å². The summed E-state index contributed by atoms with van der Waals surface area (Å²) < 4.78 is 23.4. The maximum Gasteiger partial charge on any atom is 0.179 e. The minimum atomic E-state index is -3.25. The second-order valence-corrected chi connectivity index (χ2v) is 5.55. The first-order valence-electron chi connectivity index (χ1n) is 4.38. The lowest BCUT2D eigenvalue weighted by Gasteiger charge is -2.19. The van der Waals surface area contributed by atoms with Gasteiger partial charge in [0.25, 0.3) is 0 Å². The van der Waals surface area contributed by atoms with Crippen molar-refractivity contribution in [2.24, 2.45) is 5.92 Å². The van der Waals surface area contributed by atoms with Gasteiger partial charge in [-0.05, 0) is 6.07 Å². The van der Waals surface area contributed by atoms with Gasteiger partial charge < -0.3 is 0 Å². The van der Waals surface area contributed by atoms with E-state index in [1.54, 1.807) is 25.1 Å². The van der Waals surface area contributed by atoms with Gasteiger partial charge >= 0.3 is 0 Å². The van der Waals surface area contributed by atoms with Gasteiger partial charge in [0.1, 0.15) is 0 Å². The molecule has 2 rings (SSSR count). The first kappa shape index (κ1) is 9.40. The van der Waals surface area contributed by atoms with Crippen molar-refractivity contribution in [2.45, 2.75) is 11.8 Å². The van der Waals surface area contributed by atoms with Crippen LogP contribution in [-0.4, -0.2) is 20.0 Å². The number of hydrogen-bond donors (Lipinski definition) is 0. The molecule has 0 aromatic heterocycles. The van der Waals surface area contributed by atoms with Crippen molar-refractivity contribution in [3.8, 4) is 0 Å². The lowest BCUT2D eigenvalue weighted by Crippen LogP contribution is -2.29. The molecule has 0 unspecified atom stereocenters. The van der Waals surface area contributed by atoms with Crippen molar-refractivity contribution in [1.82, 2.24) is 0 Å². The first-order valence-corrected chi connectivity index (χ1v) is 6.03. The average Bonchev–Trinajstić information content (AvgIpc) is 2.14. The van der Waals surface area contributed by atoms with E-state index in [4.69, 9.17) is 0 Å². The van der Waals surface area contributed by atoms with E-state index in [0.29, 0.717) is 5.56 Å². The third kappa shape index (κ3) is 1.26. The van der Waals surface area contributed by atoms with Gasteiger partial charge in [-0.25, -0.2) is 8.42 Å². The normalized spacial score (nSPS) is 24.4. The zero-order chi connectivity index (χ0) is 10.3. The predicted molar refractivity (Wildman–Crippen MR) is 52.0 cm³/mol. The van der Waals surface area contributed by atoms with Crippen LogP contribution in [0.15, 0.2) is 29.2 Å². The largest absolute Gasteiger partial charge is 0.294 e. The standard InChI is InChI=1S/C10H10O3S/c1-7-6-14(12,13)9-5-3-2-4-8(9)10(7)11/h2-5,7H,6H2,1H3/t7-/m1/s1. The maximum absolute atomic E-state index is 11.7. The predicted octanol–water partition coefficient (Wildman–Crippen LogP) is 1.29. The molecule has 1 aliphatic heterocycles. The first-order chi connectivity index (χ1) is 6.52. The Kier molecular flexibility index (Phi) is 1.96. The molecule has 4 heteroatoms.